The molecule has 1 N–H and O–H groups in total. The van der Waals surface area contributed by atoms with Crippen molar-refractivity contribution in [1.29, 1.82) is 0 Å². The second-order valence-corrected chi connectivity index (χ2v) is 5.48. The van der Waals surface area contributed by atoms with Crippen LogP contribution in [0, 0.1) is 5.82 Å². The maximum Gasteiger partial charge on any atom is 0.165 e. The smallest absolute Gasteiger partial charge is 0.165 e. The molecular formula is C16H16BrFO2. The van der Waals surface area contributed by atoms with Crippen molar-refractivity contribution in [1.82, 2.24) is 0 Å². The average molecular weight is 339 g/mol. The molecule has 106 valence electrons. The van der Waals surface area contributed by atoms with Crippen LogP contribution in [0.15, 0.2) is 46.9 Å². The minimum atomic E-state index is -0.554. The molecule has 20 heavy (non-hydrogen) atoms. The van der Waals surface area contributed by atoms with Gasteiger partial charge in [0.05, 0.1) is 13.2 Å². The summed E-state index contributed by atoms with van der Waals surface area (Å²) in [5.41, 5.74) is 1.79. The van der Waals surface area contributed by atoms with E-state index in [4.69, 9.17) is 4.74 Å². The average Bonchev–Trinajstić information content (AvgIpc) is 2.41. The van der Waals surface area contributed by atoms with Gasteiger partial charge in [-0.15, -0.1) is 0 Å². The first-order valence-corrected chi connectivity index (χ1v) is 7.13. The van der Waals surface area contributed by atoms with E-state index in [1.54, 1.807) is 12.1 Å². The minimum absolute atomic E-state index is 0.217. The lowest BCUT2D eigenvalue weighted by Crippen LogP contribution is -2.14. The Morgan fingerprint density at radius 1 is 1.20 bits per heavy atom. The highest BCUT2D eigenvalue weighted by atomic mass is 79.9. The molecule has 2 nitrogen and oxygen atoms in total. The van der Waals surface area contributed by atoms with Crippen molar-refractivity contribution in [3.8, 4) is 5.75 Å². The van der Waals surface area contributed by atoms with Crippen LogP contribution in [0.25, 0.3) is 0 Å². The number of ether oxygens (including phenoxy) is 1. The first-order chi connectivity index (χ1) is 9.60. The number of hydrogen-bond acceptors (Lipinski definition) is 2. The monoisotopic (exact) mass is 338 g/mol. The van der Waals surface area contributed by atoms with Gasteiger partial charge in [-0.25, -0.2) is 4.39 Å². The standard InChI is InChI=1S/C16H16BrFO2/c1-20-16-7-6-11(9-15(16)18)8-13(19)10-12-4-2-3-5-14(12)17/h2-7,9,13,19H,8,10H2,1H3. The van der Waals surface area contributed by atoms with Crippen molar-refractivity contribution in [2.75, 3.05) is 7.11 Å². The van der Waals surface area contributed by atoms with Crippen molar-refractivity contribution >= 4 is 15.9 Å². The molecule has 0 aromatic heterocycles. The molecule has 2 aromatic rings. The van der Waals surface area contributed by atoms with Crippen LogP contribution in [0.2, 0.25) is 0 Å². The fourth-order valence-electron chi connectivity index (χ4n) is 2.10. The number of hydrogen-bond donors (Lipinski definition) is 1. The molecule has 0 saturated heterocycles. The van der Waals surface area contributed by atoms with E-state index in [-0.39, 0.29) is 5.75 Å². The van der Waals surface area contributed by atoms with E-state index in [2.05, 4.69) is 15.9 Å². The van der Waals surface area contributed by atoms with E-state index < -0.39 is 11.9 Å². The molecule has 0 aliphatic heterocycles. The van der Waals surface area contributed by atoms with E-state index >= 15 is 0 Å². The number of halogens is 2. The Hall–Kier alpha value is -1.39. The highest BCUT2D eigenvalue weighted by molar-refractivity contribution is 9.10. The predicted molar refractivity (Wildman–Crippen MR) is 80.5 cm³/mol. The second-order valence-electron chi connectivity index (χ2n) is 4.62. The maximum absolute atomic E-state index is 13.6. The van der Waals surface area contributed by atoms with Gasteiger partial charge in [0.2, 0.25) is 0 Å². The van der Waals surface area contributed by atoms with Gasteiger partial charge < -0.3 is 9.84 Å². The number of methoxy groups -OCH3 is 1. The van der Waals surface area contributed by atoms with Crippen LogP contribution in [0.4, 0.5) is 4.39 Å². The van der Waals surface area contributed by atoms with E-state index in [0.29, 0.717) is 12.8 Å². The SMILES string of the molecule is COc1ccc(CC(O)Cc2ccccc2Br)cc1F. The van der Waals surface area contributed by atoms with E-state index in [9.17, 15) is 9.50 Å². The summed E-state index contributed by atoms with van der Waals surface area (Å²) < 4.78 is 19.4. The zero-order valence-electron chi connectivity index (χ0n) is 11.1. The number of rotatable bonds is 5. The molecule has 0 spiro atoms. The summed E-state index contributed by atoms with van der Waals surface area (Å²) in [7, 11) is 1.43. The lowest BCUT2D eigenvalue weighted by molar-refractivity contribution is 0.175. The lowest BCUT2D eigenvalue weighted by Gasteiger charge is -2.12. The summed E-state index contributed by atoms with van der Waals surface area (Å²) in [5, 5.41) is 10.1. The third-order valence-corrected chi connectivity index (χ3v) is 3.87. The van der Waals surface area contributed by atoms with Crippen LogP contribution in [0.1, 0.15) is 11.1 Å². The summed E-state index contributed by atoms with van der Waals surface area (Å²) in [6.07, 6.45) is 0.374. The molecule has 0 heterocycles. The Morgan fingerprint density at radius 2 is 1.95 bits per heavy atom. The van der Waals surface area contributed by atoms with Crippen LogP contribution in [0.3, 0.4) is 0 Å². The summed E-state index contributed by atoms with van der Waals surface area (Å²) in [5.74, 6) is -0.188. The zero-order chi connectivity index (χ0) is 14.5. The van der Waals surface area contributed by atoms with Gasteiger partial charge in [-0.3, -0.25) is 0 Å². The molecular weight excluding hydrogens is 323 g/mol. The third-order valence-electron chi connectivity index (χ3n) is 3.10. The van der Waals surface area contributed by atoms with Crippen LogP contribution in [-0.2, 0) is 12.8 Å². The number of aliphatic hydroxyl groups is 1. The first-order valence-electron chi connectivity index (χ1n) is 6.34. The quantitative estimate of drug-likeness (QED) is 0.899. The van der Waals surface area contributed by atoms with Crippen LogP contribution in [-0.4, -0.2) is 18.3 Å². The summed E-state index contributed by atoms with van der Waals surface area (Å²) >= 11 is 3.45. The van der Waals surface area contributed by atoms with E-state index in [1.165, 1.54) is 13.2 Å². The van der Waals surface area contributed by atoms with Crippen molar-refractivity contribution in [3.05, 3.63) is 63.9 Å². The van der Waals surface area contributed by atoms with E-state index in [1.807, 2.05) is 24.3 Å². The van der Waals surface area contributed by atoms with Gasteiger partial charge in [-0.1, -0.05) is 40.2 Å². The third kappa shape index (κ3) is 3.81. The van der Waals surface area contributed by atoms with Gasteiger partial charge in [-0.05, 0) is 42.2 Å². The first kappa shape index (κ1) is 15.0. The van der Waals surface area contributed by atoms with Crippen LogP contribution >= 0.6 is 15.9 Å². The lowest BCUT2D eigenvalue weighted by atomic mass is 10.0. The molecule has 0 aliphatic rings. The zero-order valence-corrected chi connectivity index (χ0v) is 12.7. The molecule has 2 rings (SSSR count). The number of aliphatic hydroxyl groups excluding tert-OH is 1. The van der Waals surface area contributed by atoms with Gasteiger partial charge in [-0.2, -0.15) is 0 Å². The molecule has 2 aromatic carbocycles. The van der Waals surface area contributed by atoms with Gasteiger partial charge in [0.15, 0.2) is 11.6 Å². The fourth-order valence-corrected chi connectivity index (χ4v) is 2.55. The highest BCUT2D eigenvalue weighted by Crippen LogP contribution is 2.21. The van der Waals surface area contributed by atoms with Crippen molar-refractivity contribution in [2.45, 2.75) is 18.9 Å². The Bertz CT molecular complexity index is 586. The van der Waals surface area contributed by atoms with Crippen molar-refractivity contribution in [3.63, 3.8) is 0 Å². The Labute approximate surface area is 126 Å². The predicted octanol–water partition coefficient (Wildman–Crippen LogP) is 3.74. The summed E-state index contributed by atoms with van der Waals surface area (Å²) in [4.78, 5) is 0. The maximum atomic E-state index is 13.6. The summed E-state index contributed by atoms with van der Waals surface area (Å²) in [6.45, 7) is 0. The topological polar surface area (TPSA) is 29.5 Å². The molecule has 1 atom stereocenters. The molecule has 1 unspecified atom stereocenters. The fraction of sp³-hybridized carbons (Fsp3) is 0.250. The van der Waals surface area contributed by atoms with Crippen LogP contribution in [0.5, 0.6) is 5.75 Å². The Kier molecular flexibility index (Phi) is 5.15. The van der Waals surface area contributed by atoms with Gasteiger partial charge in [0.1, 0.15) is 0 Å². The molecule has 0 amide bonds. The molecule has 4 heteroatoms. The van der Waals surface area contributed by atoms with Gasteiger partial charge in [0, 0.05) is 4.47 Å². The Balaban J connectivity index is 2.03. The van der Waals surface area contributed by atoms with Gasteiger partial charge in [0.25, 0.3) is 0 Å². The minimum Gasteiger partial charge on any atom is -0.494 e. The molecule has 0 saturated carbocycles. The molecule has 0 aliphatic carbocycles. The molecule has 0 radical (unpaired) electrons. The Morgan fingerprint density at radius 3 is 2.60 bits per heavy atom. The molecule has 0 bridgehead atoms. The largest absolute Gasteiger partial charge is 0.494 e. The van der Waals surface area contributed by atoms with E-state index in [0.717, 1.165) is 15.6 Å². The summed E-state index contributed by atoms with van der Waals surface area (Å²) in [6, 6.07) is 12.5. The van der Waals surface area contributed by atoms with Crippen LogP contribution < -0.4 is 4.74 Å². The molecule has 0 fully saturated rings. The van der Waals surface area contributed by atoms with Crippen molar-refractivity contribution in [2.24, 2.45) is 0 Å². The van der Waals surface area contributed by atoms with Crippen molar-refractivity contribution < 1.29 is 14.2 Å². The highest BCUT2D eigenvalue weighted by Gasteiger charge is 2.11. The van der Waals surface area contributed by atoms with Gasteiger partial charge >= 0.3 is 0 Å². The number of benzene rings is 2. The second kappa shape index (κ2) is 6.86. The normalized spacial score (nSPS) is 12.2.